The third-order valence-corrected chi connectivity index (χ3v) is 6.07. The number of hydrogen-bond acceptors (Lipinski definition) is 4. The van der Waals surface area contributed by atoms with Gasteiger partial charge in [0.15, 0.2) is 0 Å². The summed E-state index contributed by atoms with van der Waals surface area (Å²) in [5.41, 5.74) is 4.12. The fourth-order valence-electron chi connectivity index (χ4n) is 1.43. The molecule has 0 aliphatic carbocycles. The molecule has 0 aliphatic rings. The molecular formula is C17H21ClO4Si. The van der Waals surface area contributed by atoms with Gasteiger partial charge < -0.3 is 14.2 Å². The molecule has 4 nitrogen and oxygen atoms in total. The first-order chi connectivity index (χ1) is 10.8. The maximum absolute atomic E-state index is 11.6. The van der Waals surface area contributed by atoms with Crippen LogP contribution < -0.4 is 4.74 Å². The molecule has 0 aliphatic heterocycles. The zero-order valence-corrected chi connectivity index (χ0v) is 15.8. The highest BCUT2D eigenvalue weighted by Gasteiger charge is 2.16. The first-order valence-corrected chi connectivity index (χ1v) is 10.7. The molecule has 0 saturated heterocycles. The Morgan fingerprint density at radius 1 is 1.35 bits per heavy atom. The van der Waals surface area contributed by atoms with Crippen LogP contribution in [0.4, 0.5) is 0 Å². The molecule has 0 saturated carbocycles. The summed E-state index contributed by atoms with van der Waals surface area (Å²) in [6.07, 6.45) is 1.16. The molecule has 0 fully saturated rings. The van der Waals surface area contributed by atoms with Gasteiger partial charge in [0.1, 0.15) is 20.1 Å². The van der Waals surface area contributed by atoms with Gasteiger partial charge in [0.05, 0.1) is 19.2 Å². The van der Waals surface area contributed by atoms with Crippen molar-refractivity contribution in [3.8, 4) is 17.2 Å². The third-order valence-electron chi connectivity index (χ3n) is 3.19. The van der Waals surface area contributed by atoms with Gasteiger partial charge in [-0.25, -0.2) is 4.79 Å². The Morgan fingerprint density at radius 3 is 2.61 bits per heavy atom. The largest absolute Gasteiger partial charge is 0.500 e. The van der Waals surface area contributed by atoms with E-state index in [1.807, 2.05) is 6.07 Å². The summed E-state index contributed by atoms with van der Waals surface area (Å²) in [6, 6.07) is 6.28. The lowest BCUT2D eigenvalue weighted by atomic mass is 10.2. The van der Waals surface area contributed by atoms with Gasteiger partial charge in [-0.1, -0.05) is 37.5 Å². The number of carbonyl (C=O) groups is 1. The molecule has 0 atom stereocenters. The second kappa shape index (κ2) is 8.66. The minimum atomic E-state index is -1.50. The van der Waals surface area contributed by atoms with E-state index in [0.29, 0.717) is 10.8 Å². The van der Waals surface area contributed by atoms with Crippen LogP contribution in [0.2, 0.25) is 24.2 Å². The maximum atomic E-state index is 11.6. The summed E-state index contributed by atoms with van der Waals surface area (Å²) in [5, 5.41) is 0.369. The fraction of sp³-hybridized carbons (Fsp3) is 0.353. The van der Waals surface area contributed by atoms with Crippen LogP contribution in [0.3, 0.4) is 0 Å². The minimum absolute atomic E-state index is 0.0923. The molecule has 1 rings (SSSR count). The summed E-state index contributed by atoms with van der Waals surface area (Å²) in [5.74, 6) is 2.73. The maximum Gasteiger partial charge on any atom is 0.377 e. The van der Waals surface area contributed by atoms with Crippen molar-refractivity contribution in [3.05, 3.63) is 40.8 Å². The number of esters is 1. The van der Waals surface area contributed by atoms with Crippen molar-refractivity contribution >= 4 is 25.6 Å². The predicted molar refractivity (Wildman–Crippen MR) is 94.0 cm³/mol. The highest BCUT2D eigenvalue weighted by molar-refractivity contribution is 6.85. The van der Waals surface area contributed by atoms with Crippen molar-refractivity contribution < 1.29 is 19.0 Å². The molecule has 124 valence electrons. The van der Waals surface area contributed by atoms with Gasteiger partial charge in [0.2, 0.25) is 5.76 Å². The van der Waals surface area contributed by atoms with Crippen molar-refractivity contribution in [1.29, 1.82) is 0 Å². The average Bonchev–Trinajstić information content (AvgIpc) is 2.54. The molecule has 1 aromatic rings. The van der Waals surface area contributed by atoms with Crippen molar-refractivity contribution in [2.45, 2.75) is 26.1 Å². The quantitative estimate of drug-likeness (QED) is 0.264. The zero-order valence-electron chi connectivity index (χ0n) is 14.0. The number of halogens is 1. The Kier molecular flexibility index (Phi) is 7.21. The zero-order chi connectivity index (χ0) is 17.5. The van der Waals surface area contributed by atoms with Gasteiger partial charge in [-0.2, -0.15) is 0 Å². The van der Waals surface area contributed by atoms with Crippen LogP contribution >= 0.6 is 11.6 Å². The van der Waals surface area contributed by atoms with E-state index in [-0.39, 0.29) is 5.76 Å². The number of ether oxygens (including phenoxy) is 3. The number of carbonyl (C=O) groups excluding carboxylic acids is 1. The third kappa shape index (κ3) is 6.01. The van der Waals surface area contributed by atoms with Crippen LogP contribution in [-0.4, -0.2) is 28.3 Å². The molecule has 0 amide bonds. The molecule has 0 spiro atoms. The number of methoxy groups -OCH3 is 2. The SMILES string of the molecule is CC[Si](C)(C)C#Cc1ccc(Cl)c(O/C(=C\OC)C(=O)OC)c1. The van der Waals surface area contributed by atoms with E-state index in [1.165, 1.54) is 14.2 Å². The van der Waals surface area contributed by atoms with E-state index in [0.717, 1.165) is 17.9 Å². The van der Waals surface area contributed by atoms with Crippen LogP contribution in [0.1, 0.15) is 12.5 Å². The normalized spacial score (nSPS) is 11.3. The van der Waals surface area contributed by atoms with Gasteiger partial charge in [-0.05, 0) is 24.2 Å². The molecule has 6 heteroatoms. The van der Waals surface area contributed by atoms with Gasteiger partial charge in [-0.3, -0.25) is 0 Å². The first kappa shape index (κ1) is 19.1. The standard InChI is InChI=1S/C17H21ClO4Si/c1-6-23(4,5)10-9-13-7-8-14(18)15(11-13)22-16(12-20-2)17(19)21-3/h7-8,11-12H,6H2,1-5H3/b16-12-. The van der Waals surface area contributed by atoms with E-state index in [9.17, 15) is 4.79 Å². The molecule has 0 N–H and O–H groups in total. The van der Waals surface area contributed by atoms with Crippen molar-refractivity contribution in [2.24, 2.45) is 0 Å². The Bertz CT molecular complexity index is 656. The van der Waals surface area contributed by atoms with E-state index in [4.69, 9.17) is 21.1 Å². The second-order valence-corrected chi connectivity index (χ2v) is 10.6. The Hall–Kier alpha value is -1.90. The topological polar surface area (TPSA) is 44.8 Å². The number of benzene rings is 1. The molecule has 0 radical (unpaired) electrons. The summed E-state index contributed by atoms with van der Waals surface area (Å²) < 4.78 is 15.0. The second-order valence-electron chi connectivity index (χ2n) is 5.44. The van der Waals surface area contributed by atoms with Crippen molar-refractivity contribution in [2.75, 3.05) is 14.2 Å². The molecule has 0 aromatic heterocycles. The Morgan fingerprint density at radius 2 is 2.04 bits per heavy atom. The number of rotatable bonds is 5. The van der Waals surface area contributed by atoms with Gasteiger partial charge in [-0.15, -0.1) is 5.54 Å². The van der Waals surface area contributed by atoms with E-state index in [2.05, 4.69) is 36.2 Å². The van der Waals surface area contributed by atoms with Gasteiger partial charge >= 0.3 is 5.97 Å². The predicted octanol–water partition coefficient (Wildman–Crippen LogP) is 4.00. The van der Waals surface area contributed by atoms with Crippen LogP contribution in [0.25, 0.3) is 0 Å². The van der Waals surface area contributed by atoms with Gasteiger partial charge in [0, 0.05) is 5.56 Å². The summed E-state index contributed by atoms with van der Waals surface area (Å²) in [4.78, 5) is 11.6. The van der Waals surface area contributed by atoms with Crippen LogP contribution in [0, 0.1) is 11.5 Å². The Labute approximate surface area is 143 Å². The molecular weight excluding hydrogens is 332 g/mol. The fourth-order valence-corrected chi connectivity index (χ4v) is 2.24. The van der Waals surface area contributed by atoms with Crippen LogP contribution in [0.5, 0.6) is 5.75 Å². The van der Waals surface area contributed by atoms with Crippen molar-refractivity contribution in [1.82, 2.24) is 0 Å². The highest BCUT2D eigenvalue weighted by atomic mass is 35.5. The smallest absolute Gasteiger partial charge is 0.377 e. The lowest BCUT2D eigenvalue weighted by Crippen LogP contribution is -2.21. The first-order valence-electron chi connectivity index (χ1n) is 7.15. The van der Waals surface area contributed by atoms with Crippen LogP contribution in [-0.2, 0) is 14.3 Å². The molecule has 23 heavy (non-hydrogen) atoms. The highest BCUT2D eigenvalue weighted by Crippen LogP contribution is 2.27. The summed E-state index contributed by atoms with van der Waals surface area (Å²) in [6.45, 7) is 6.57. The molecule has 0 bridgehead atoms. The van der Waals surface area contributed by atoms with E-state index < -0.39 is 14.0 Å². The Balaban J connectivity index is 3.11. The monoisotopic (exact) mass is 352 g/mol. The number of hydrogen-bond donors (Lipinski definition) is 0. The van der Waals surface area contributed by atoms with Crippen molar-refractivity contribution in [3.63, 3.8) is 0 Å². The minimum Gasteiger partial charge on any atom is -0.500 e. The molecule has 1 aromatic carbocycles. The molecule has 0 unspecified atom stereocenters. The lowest BCUT2D eigenvalue weighted by molar-refractivity contribution is -0.138. The summed E-state index contributed by atoms with van der Waals surface area (Å²) >= 11 is 6.12. The van der Waals surface area contributed by atoms with Crippen LogP contribution in [0.15, 0.2) is 30.2 Å². The molecule has 0 heterocycles. The van der Waals surface area contributed by atoms with Gasteiger partial charge in [0.25, 0.3) is 0 Å². The lowest BCUT2D eigenvalue weighted by Gasteiger charge is -2.11. The van der Waals surface area contributed by atoms with E-state index in [1.54, 1.807) is 12.1 Å². The average molecular weight is 353 g/mol. The summed E-state index contributed by atoms with van der Waals surface area (Å²) in [7, 11) is 1.17. The van der Waals surface area contributed by atoms with E-state index >= 15 is 0 Å².